The van der Waals surface area contributed by atoms with Gasteiger partial charge >= 0.3 is 0 Å². The number of nitrogens with zero attached hydrogens (tertiary/aromatic N) is 2. The number of allylic oxidation sites excluding steroid dienone is 1. The van der Waals surface area contributed by atoms with Gasteiger partial charge in [-0.15, -0.1) is 6.58 Å². The van der Waals surface area contributed by atoms with Crippen LogP contribution >= 0.6 is 0 Å². The highest BCUT2D eigenvalue weighted by atomic mass is 16.7. The number of carbonyl (C=O) groups excluding carboxylic acids is 1. The molecule has 0 saturated heterocycles. The van der Waals surface area contributed by atoms with E-state index in [1.54, 1.807) is 12.1 Å². The van der Waals surface area contributed by atoms with Crippen LogP contribution in [0.15, 0.2) is 96.2 Å². The summed E-state index contributed by atoms with van der Waals surface area (Å²) in [5, 5.41) is 35.9. The molecule has 5 aliphatic rings. The van der Waals surface area contributed by atoms with Gasteiger partial charge in [0.15, 0.2) is 11.5 Å². The zero-order valence-corrected chi connectivity index (χ0v) is 35.3. The molecule has 1 amide bonds. The Morgan fingerprint density at radius 2 is 1.67 bits per heavy atom. The van der Waals surface area contributed by atoms with Gasteiger partial charge in [0, 0.05) is 44.1 Å². The largest absolute Gasteiger partial charge is 0.508 e. The molecule has 0 radical (unpaired) electrons. The minimum Gasteiger partial charge on any atom is -0.508 e. The van der Waals surface area contributed by atoms with Crippen molar-refractivity contribution in [1.82, 2.24) is 4.90 Å². The summed E-state index contributed by atoms with van der Waals surface area (Å²) in [6.45, 7) is 5.14. The van der Waals surface area contributed by atoms with Crippen molar-refractivity contribution in [2.45, 2.75) is 114 Å². The molecule has 0 aromatic heterocycles. The standard InChI is InChI=1S/C50H62N2O9/c1-2-26-59-50-46(52(47(56)23-19-34-12-6-7-13-34)31-36-18-21-44-45(27-36)58-33-57-44)30-42(51-60-32-35-14-4-3-5-15-35)40-28-37(16-8-10-24-53)39(17-9-11-25-54)48(49(40)50)41-29-38(55)20-22-43(41)61-50/h2-5,14-15,18,20-22,27-29,34,37,39,46,48-49,53-55H,1,6-13,16-17,19,23-26,30-33H2/t37-,39+,46-,48+,49+,50+/m0/s1. The van der Waals surface area contributed by atoms with Gasteiger partial charge in [0.1, 0.15) is 24.1 Å². The van der Waals surface area contributed by atoms with E-state index in [9.17, 15) is 15.3 Å². The summed E-state index contributed by atoms with van der Waals surface area (Å²) in [6.07, 6.45) is 14.9. The number of unbranched alkanes of at least 4 members (excludes halogenated alkanes) is 2. The van der Waals surface area contributed by atoms with Crippen molar-refractivity contribution in [3.8, 4) is 23.0 Å². The van der Waals surface area contributed by atoms with E-state index in [2.05, 4.69) is 12.7 Å². The Morgan fingerprint density at radius 1 is 0.902 bits per heavy atom. The van der Waals surface area contributed by atoms with Crippen molar-refractivity contribution in [3.63, 3.8) is 0 Å². The van der Waals surface area contributed by atoms with E-state index in [1.165, 1.54) is 12.8 Å². The third kappa shape index (κ3) is 9.34. The smallest absolute Gasteiger partial charge is 0.239 e. The number of phenolic OH excluding ortho intramolecular Hbond substituents is 1. The quantitative estimate of drug-likeness (QED) is 0.0579. The van der Waals surface area contributed by atoms with Crippen LogP contribution in [0.2, 0.25) is 0 Å². The Balaban J connectivity index is 1.30. The molecular formula is C50H62N2O9. The van der Waals surface area contributed by atoms with Crippen LogP contribution in [0, 0.1) is 23.7 Å². The number of phenols is 1. The highest BCUT2D eigenvalue weighted by molar-refractivity contribution is 6.03. The second kappa shape index (κ2) is 19.9. The number of aromatic hydroxyl groups is 1. The van der Waals surface area contributed by atoms with E-state index >= 15 is 4.79 Å². The summed E-state index contributed by atoms with van der Waals surface area (Å²) in [7, 11) is 0. The van der Waals surface area contributed by atoms with Gasteiger partial charge in [-0.25, -0.2) is 0 Å². The topological polar surface area (TPSA) is 140 Å². The summed E-state index contributed by atoms with van der Waals surface area (Å²) in [5.41, 5.74) is 4.46. The van der Waals surface area contributed by atoms with Crippen LogP contribution in [0.4, 0.5) is 0 Å². The van der Waals surface area contributed by atoms with Crippen molar-refractivity contribution >= 4 is 11.6 Å². The Hall–Kier alpha value is -4.84. The van der Waals surface area contributed by atoms with Crippen LogP contribution in [0.3, 0.4) is 0 Å². The van der Waals surface area contributed by atoms with Crippen LogP contribution in [0.5, 0.6) is 23.0 Å². The van der Waals surface area contributed by atoms with Gasteiger partial charge in [-0.1, -0.05) is 92.2 Å². The number of hydrogen-bond acceptors (Lipinski definition) is 10. The molecule has 2 saturated carbocycles. The maximum absolute atomic E-state index is 15.2. The highest BCUT2D eigenvalue weighted by Gasteiger charge is 2.65. The Labute approximate surface area is 360 Å². The van der Waals surface area contributed by atoms with Gasteiger partial charge < -0.3 is 44.0 Å². The molecule has 3 aliphatic carbocycles. The Morgan fingerprint density at radius 3 is 2.46 bits per heavy atom. The SMILES string of the molecule is C=CCO[C@@]12Oc3ccc(O)cc3[C@H]3[C@H](CCCCO)[C@@H](CCCCO)C=C(C(=NOCc4ccccc4)C[C@@H]1N(Cc1ccc4c(c1)OCO4)C(=O)CCC1CCCC1)[C@H]32. The normalized spacial score (nSPS) is 25.6. The van der Waals surface area contributed by atoms with E-state index in [0.717, 1.165) is 72.9 Å². The first-order valence-corrected chi connectivity index (χ1v) is 22.5. The van der Waals surface area contributed by atoms with Gasteiger partial charge in [-0.3, -0.25) is 4.79 Å². The first-order valence-electron chi connectivity index (χ1n) is 22.5. The number of oxime groups is 1. The van der Waals surface area contributed by atoms with E-state index < -0.39 is 17.7 Å². The molecule has 11 heteroatoms. The van der Waals surface area contributed by atoms with Crippen LogP contribution in [-0.2, 0) is 27.5 Å². The zero-order valence-electron chi connectivity index (χ0n) is 35.3. The lowest BCUT2D eigenvalue weighted by Gasteiger charge is -2.60. The molecule has 2 aliphatic heterocycles. The third-order valence-corrected chi connectivity index (χ3v) is 13.6. The van der Waals surface area contributed by atoms with Crippen LogP contribution in [0.1, 0.15) is 106 Å². The highest BCUT2D eigenvalue weighted by Crippen LogP contribution is 2.62. The van der Waals surface area contributed by atoms with E-state index in [0.29, 0.717) is 48.8 Å². The predicted molar refractivity (Wildman–Crippen MR) is 232 cm³/mol. The molecular weight excluding hydrogens is 773 g/mol. The van der Waals surface area contributed by atoms with Gasteiger partial charge in [0.05, 0.1) is 18.2 Å². The van der Waals surface area contributed by atoms with E-state index in [1.807, 2.05) is 65.6 Å². The molecule has 326 valence electrons. The summed E-state index contributed by atoms with van der Waals surface area (Å²) in [6, 6.07) is 20.5. The molecule has 11 nitrogen and oxygen atoms in total. The lowest BCUT2D eigenvalue weighted by molar-refractivity contribution is -0.258. The molecule has 8 rings (SSSR count). The summed E-state index contributed by atoms with van der Waals surface area (Å²) < 4.78 is 26.0. The second-order valence-electron chi connectivity index (χ2n) is 17.5. The lowest BCUT2D eigenvalue weighted by atomic mass is 9.55. The van der Waals surface area contributed by atoms with Crippen molar-refractivity contribution in [2.24, 2.45) is 28.8 Å². The number of hydrogen-bond donors (Lipinski definition) is 3. The van der Waals surface area contributed by atoms with Gasteiger partial charge in [-0.05, 0) is 96.9 Å². The summed E-state index contributed by atoms with van der Waals surface area (Å²) in [5.74, 6) is 0.666. The number of aliphatic hydroxyl groups excluding tert-OH is 2. The van der Waals surface area contributed by atoms with E-state index in [-0.39, 0.29) is 69.2 Å². The fourth-order valence-corrected chi connectivity index (χ4v) is 10.8. The van der Waals surface area contributed by atoms with E-state index in [4.69, 9.17) is 28.9 Å². The average Bonchev–Trinajstić information content (AvgIpc) is 3.99. The molecule has 2 heterocycles. The first kappa shape index (κ1) is 42.8. The van der Waals surface area contributed by atoms with Crippen LogP contribution in [-0.4, -0.2) is 70.3 Å². The number of amides is 1. The number of aliphatic hydroxyl groups is 2. The molecule has 3 N–H and O–H groups in total. The van der Waals surface area contributed by atoms with Crippen molar-refractivity contribution < 1.29 is 43.9 Å². The molecule has 0 spiro atoms. The molecule has 61 heavy (non-hydrogen) atoms. The first-order chi connectivity index (χ1) is 29.9. The number of carbonyl (C=O) groups is 1. The summed E-state index contributed by atoms with van der Waals surface area (Å²) in [4.78, 5) is 23.4. The Kier molecular flexibility index (Phi) is 14.0. The van der Waals surface area contributed by atoms with Gasteiger partial charge in [-0.2, -0.15) is 0 Å². The van der Waals surface area contributed by atoms with Crippen molar-refractivity contribution in [3.05, 3.63) is 108 Å². The monoisotopic (exact) mass is 834 g/mol. The van der Waals surface area contributed by atoms with Crippen molar-refractivity contribution in [1.29, 1.82) is 0 Å². The minimum atomic E-state index is -1.39. The fourth-order valence-electron chi connectivity index (χ4n) is 10.8. The number of fused-ring (bicyclic) bond motifs is 3. The maximum atomic E-state index is 15.2. The van der Waals surface area contributed by atoms with Crippen molar-refractivity contribution in [2.75, 3.05) is 26.6 Å². The van der Waals surface area contributed by atoms with Crippen LogP contribution < -0.4 is 14.2 Å². The maximum Gasteiger partial charge on any atom is 0.239 e. The molecule has 6 atom stereocenters. The third-order valence-electron chi connectivity index (χ3n) is 13.6. The average molecular weight is 835 g/mol. The molecule has 2 fully saturated rings. The molecule has 3 aromatic rings. The van der Waals surface area contributed by atoms with Gasteiger partial charge in [0.25, 0.3) is 0 Å². The molecule has 3 aromatic carbocycles. The lowest BCUT2D eigenvalue weighted by Crippen LogP contribution is -2.70. The Bertz CT molecular complexity index is 2030. The number of rotatable bonds is 20. The van der Waals surface area contributed by atoms with Crippen LogP contribution in [0.25, 0.3) is 0 Å². The van der Waals surface area contributed by atoms with Gasteiger partial charge in [0.2, 0.25) is 18.5 Å². The molecule has 0 bridgehead atoms. The summed E-state index contributed by atoms with van der Waals surface area (Å²) >= 11 is 0. The minimum absolute atomic E-state index is 0.0157. The second-order valence-corrected chi connectivity index (χ2v) is 17.5. The number of benzene rings is 3. The fraction of sp³-hybridized carbons (Fsp3) is 0.520. The molecule has 0 unspecified atom stereocenters. The zero-order chi connectivity index (χ0) is 42.2. The number of ether oxygens (including phenoxy) is 4. The predicted octanol–water partition coefficient (Wildman–Crippen LogP) is 8.95.